The fourth-order valence-electron chi connectivity index (χ4n) is 3.62. The van der Waals surface area contributed by atoms with E-state index < -0.39 is 12.0 Å². The topological polar surface area (TPSA) is 100 Å². The van der Waals surface area contributed by atoms with E-state index >= 15 is 0 Å². The van der Waals surface area contributed by atoms with E-state index in [1.807, 2.05) is 49.4 Å². The number of methoxy groups -OCH3 is 1. The number of ether oxygens (including phenoxy) is 3. The Hall–Kier alpha value is -3.40. The minimum atomic E-state index is -0.575. The first-order chi connectivity index (χ1) is 16.0. The number of hydrogen-bond donors (Lipinski definition) is 1. The van der Waals surface area contributed by atoms with E-state index in [1.54, 1.807) is 18.7 Å². The zero-order chi connectivity index (χ0) is 23.4. The lowest BCUT2D eigenvalue weighted by atomic mass is 9.95. The Morgan fingerprint density at radius 3 is 2.82 bits per heavy atom. The summed E-state index contributed by atoms with van der Waals surface area (Å²) in [7, 11) is 1.58. The highest BCUT2D eigenvalue weighted by Gasteiger charge is 2.35. The Morgan fingerprint density at radius 2 is 2.06 bits per heavy atom. The summed E-state index contributed by atoms with van der Waals surface area (Å²) in [5, 5.41) is 15.0. The average Bonchev–Trinajstić information content (AvgIpc) is 3.28. The molecule has 1 N–H and O–H groups in total. The van der Waals surface area contributed by atoms with E-state index in [9.17, 15) is 4.79 Å². The summed E-state index contributed by atoms with van der Waals surface area (Å²) in [6.07, 6.45) is 0.726. The quantitative estimate of drug-likeness (QED) is 0.445. The number of carbonyl (C=O) groups excluding carboxylic acids is 1. The van der Waals surface area contributed by atoms with Gasteiger partial charge in [-0.2, -0.15) is 4.68 Å². The molecule has 10 heteroatoms. The lowest BCUT2D eigenvalue weighted by molar-refractivity contribution is -0.139. The second kappa shape index (κ2) is 10.0. The van der Waals surface area contributed by atoms with Gasteiger partial charge in [0.2, 0.25) is 5.95 Å². The average molecular weight is 514 g/mol. The van der Waals surface area contributed by atoms with Gasteiger partial charge in [0.15, 0.2) is 11.5 Å². The van der Waals surface area contributed by atoms with Crippen LogP contribution in [0.4, 0.5) is 5.95 Å². The number of rotatable bonds is 8. The lowest BCUT2D eigenvalue weighted by Crippen LogP contribution is -2.29. The number of nitrogens with zero attached hydrogens (tertiary/aromatic N) is 4. The number of benzene rings is 2. The molecule has 0 amide bonds. The Kier molecular flexibility index (Phi) is 6.93. The summed E-state index contributed by atoms with van der Waals surface area (Å²) in [4.78, 5) is 12.9. The Balaban J connectivity index is 1.66. The van der Waals surface area contributed by atoms with Gasteiger partial charge in [-0.15, -0.1) is 0 Å². The Labute approximate surface area is 199 Å². The summed E-state index contributed by atoms with van der Waals surface area (Å²) in [5.74, 6) is 1.15. The van der Waals surface area contributed by atoms with Crippen molar-refractivity contribution in [2.24, 2.45) is 0 Å². The van der Waals surface area contributed by atoms with Crippen LogP contribution in [0.3, 0.4) is 0 Å². The van der Waals surface area contributed by atoms with Crippen molar-refractivity contribution in [1.82, 2.24) is 20.2 Å². The molecule has 0 aliphatic carbocycles. The number of anilines is 1. The normalized spacial score (nSPS) is 15.0. The third-order valence-electron chi connectivity index (χ3n) is 5.16. The minimum Gasteiger partial charge on any atom is -0.493 e. The molecule has 4 rings (SSSR count). The molecule has 2 aromatic carbocycles. The number of hydrogen-bond acceptors (Lipinski definition) is 8. The molecule has 0 spiro atoms. The molecule has 33 heavy (non-hydrogen) atoms. The maximum Gasteiger partial charge on any atom is 0.338 e. The van der Waals surface area contributed by atoms with Crippen LogP contribution in [0.1, 0.15) is 37.4 Å². The maximum absolute atomic E-state index is 12.9. The van der Waals surface area contributed by atoms with Crippen LogP contribution in [-0.4, -0.2) is 39.9 Å². The second-order valence-electron chi connectivity index (χ2n) is 7.48. The molecule has 0 radical (unpaired) electrons. The predicted molar refractivity (Wildman–Crippen MR) is 125 cm³/mol. The van der Waals surface area contributed by atoms with E-state index in [-0.39, 0.29) is 0 Å². The van der Waals surface area contributed by atoms with Gasteiger partial charge in [0.05, 0.1) is 19.3 Å². The van der Waals surface area contributed by atoms with Crippen molar-refractivity contribution in [1.29, 1.82) is 0 Å². The van der Waals surface area contributed by atoms with E-state index in [0.717, 1.165) is 22.0 Å². The zero-order valence-electron chi connectivity index (χ0n) is 18.5. The molecule has 9 nitrogen and oxygen atoms in total. The van der Waals surface area contributed by atoms with E-state index in [0.29, 0.717) is 41.9 Å². The molecule has 3 aromatic rings. The zero-order valence-corrected chi connectivity index (χ0v) is 20.1. The molecule has 0 saturated carbocycles. The first-order valence-corrected chi connectivity index (χ1v) is 11.3. The summed E-state index contributed by atoms with van der Waals surface area (Å²) >= 11 is 3.47. The van der Waals surface area contributed by atoms with Gasteiger partial charge >= 0.3 is 5.97 Å². The monoisotopic (exact) mass is 513 g/mol. The van der Waals surface area contributed by atoms with Gasteiger partial charge in [-0.3, -0.25) is 0 Å². The molecular formula is C23H24BrN5O4. The summed E-state index contributed by atoms with van der Waals surface area (Å²) in [6, 6.07) is 12.9. The summed E-state index contributed by atoms with van der Waals surface area (Å²) in [6.45, 7) is 4.46. The van der Waals surface area contributed by atoms with Gasteiger partial charge in [0.1, 0.15) is 12.6 Å². The van der Waals surface area contributed by atoms with Crippen LogP contribution in [0, 0.1) is 0 Å². The number of fused-ring (bicyclic) bond motifs is 1. The van der Waals surface area contributed by atoms with Gasteiger partial charge in [-0.05, 0) is 59.2 Å². The minimum absolute atomic E-state index is 0.330. The fourth-order valence-corrected chi connectivity index (χ4v) is 4.07. The van der Waals surface area contributed by atoms with Crippen molar-refractivity contribution in [2.45, 2.75) is 32.9 Å². The Morgan fingerprint density at radius 1 is 1.21 bits per heavy atom. The molecular weight excluding hydrogens is 490 g/mol. The van der Waals surface area contributed by atoms with Crippen molar-refractivity contribution in [3.05, 3.63) is 69.3 Å². The lowest BCUT2D eigenvalue weighted by Gasteiger charge is -2.27. The largest absolute Gasteiger partial charge is 0.493 e. The van der Waals surface area contributed by atoms with Crippen molar-refractivity contribution < 1.29 is 19.0 Å². The number of tetrazole rings is 1. The number of aromatic nitrogens is 4. The van der Waals surface area contributed by atoms with Crippen LogP contribution in [0.2, 0.25) is 0 Å². The predicted octanol–water partition coefficient (Wildman–Crippen LogP) is 4.27. The fraction of sp³-hybridized carbons (Fsp3) is 0.304. The molecule has 1 unspecified atom stereocenters. The molecule has 0 bridgehead atoms. The number of allylic oxidation sites excluding steroid dienone is 1. The SMILES string of the molecule is CCCOC(=O)C1=C(C)Nc2nnnn2C1c1ccc(OCc2cccc(Br)c2)c(OC)c1. The van der Waals surface area contributed by atoms with E-state index in [1.165, 1.54) is 0 Å². The van der Waals surface area contributed by atoms with Crippen LogP contribution in [0.15, 0.2) is 58.2 Å². The molecule has 2 heterocycles. The van der Waals surface area contributed by atoms with Crippen molar-refractivity contribution in [3.8, 4) is 11.5 Å². The molecule has 172 valence electrons. The third-order valence-corrected chi connectivity index (χ3v) is 5.65. The van der Waals surface area contributed by atoms with Gasteiger partial charge in [0, 0.05) is 10.2 Å². The van der Waals surface area contributed by atoms with Crippen LogP contribution in [0.5, 0.6) is 11.5 Å². The first-order valence-electron chi connectivity index (χ1n) is 10.5. The molecule has 0 saturated heterocycles. The van der Waals surface area contributed by atoms with Crippen molar-refractivity contribution in [3.63, 3.8) is 0 Å². The molecule has 1 aliphatic rings. The number of nitrogens with one attached hydrogen (secondary N) is 1. The van der Waals surface area contributed by atoms with Crippen LogP contribution >= 0.6 is 15.9 Å². The van der Waals surface area contributed by atoms with Crippen LogP contribution in [0.25, 0.3) is 0 Å². The van der Waals surface area contributed by atoms with Crippen LogP contribution in [-0.2, 0) is 16.1 Å². The standard InChI is InChI=1S/C23H24BrN5O4/c1-4-10-32-22(30)20-14(2)25-23-26-27-28-29(23)21(20)16-8-9-18(19(12-16)31-3)33-13-15-6-5-7-17(24)11-15/h5-9,11-12,21H,4,10,13H2,1-3H3,(H,25,26,28). The molecule has 1 aromatic heterocycles. The molecule has 1 aliphatic heterocycles. The van der Waals surface area contributed by atoms with Crippen LogP contribution < -0.4 is 14.8 Å². The van der Waals surface area contributed by atoms with Gasteiger partial charge < -0.3 is 19.5 Å². The van der Waals surface area contributed by atoms with E-state index in [2.05, 4.69) is 36.8 Å². The van der Waals surface area contributed by atoms with E-state index in [4.69, 9.17) is 14.2 Å². The highest BCUT2D eigenvalue weighted by Crippen LogP contribution is 2.38. The van der Waals surface area contributed by atoms with Crippen molar-refractivity contribution >= 4 is 27.8 Å². The van der Waals surface area contributed by atoms with Crippen molar-refractivity contribution in [2.75, 3.05) is 19.0 Å². The summed E-state index contributed by atoms with van der Waals surface area (Å²) in [5.41, 5.74) is 2.86. The molecule has 1 atom stereocenters. The van der Waals surface area contributed by atoms with Gasteiger partial charge in [-0.25, -0.2) is 4.79 Å². The second-order valence-corrected chi connectivity index (χ2v) is 8.39. The van der Waals surface area contributed by atoms with Gasteiger partial charge in [-0.1, -0.05) is 46.2 Å². The number of esters is 1. The number of halogens is 1. The number of carbonyl (C=O) groups is 1. The highest BCUT2D eigenvalue weighted by atomic mass is 79.9. The summed E-state index contributed by atoms with van der Waals surface area (Å²) < 4.78 is 19.6. The third kappa shape index (κ3) is 4.85. The highest BCUT2D eigenvalue weighted by molar-refractivity contribution is 9.10. The van der Waals surface area contributed by atoms with Gasteiger partial charge in [0.25, 0.3) is 0 Å². The first kappa shape index (κ1) is 22.8. The maximum atomic E-state index is 12.9. The Bertz CT molecular complexity index is 1190. The molecule has 0 fully saturated rings. The smallest absolute Gasteiger partial charge is 0.338 e.